The van der Waals surface area contributed by atoms with Gasteiger partial charge in [0, 0.05) is 52.0 Å². The average Bonchev–Trinajstić information content (AvgIpc) is 2.61. The van der Waals surface area contributed by atoms with E-state index in [1.165, 1.54) is 77.7 Å². The molecule has 3 saturated heterocycles. The lowest BCUT2D eigenvalue weighted by Crippen LogP contribution is -2.52. The summed E-state index contributed by atoms with van der Waals surface area (Å²) in [4.78, 5) is 5.34. The summed E-state index contributed by atoms with van der Waals surface area (Å²) in [5.41, 5.74) is 0. The summed E-state index contributed by atoms with van der Waals surface area (Å²) >= 11 is 0. The zero-order valence-corrected chi connectivity index (χ0v) is 14.2. The highest BCUT2D eigenvalue weighted by Gasteiger charge is 2.25. The van der Waals surface area contributed by atoms with E-state index >= 15 is 0 Å². The summed E-state index contributed by atoms with van der Waals surface area (Å²) in [5.74, 6) is 0.942. The van der Waals surface area contributed by atoms with E-state index in [1.807, 2.05) is 0 Å². The van der Waals surface area contributed by atoms with Crippen LogP contribution in [0.2, 0.25) is 0 Å². The summed E-state index contributed by atoms with van der Waals surface area (Å²) in [6, 6.07) is 0.699. The first-order chi connectivity index (χ1) is 10.9. The van der Waals surface area contributed by atoms with Gasteiger partial charge in [0.2, 0.25) is 0 Å². The Balaban J connectivity index is 1.24. The predicted molar refractivity (Wildman–Crippen MR) is 89.2 cm³/mol. The van der Waals surface area contributed by atoms with Crippen molar-refractivity contribution < 1.29 is 9.47 Å². The van der Waals surface area contributed by atoms with Crippen LogP contribution in [0.15, 0.2) is 0 Å². The molecule has 0 spiro atoms. The molecule has 0 amide bonds. The third-order valence-electron chi connectivity index (χ3n) is 5.74. The van der Waals surface area contributed by atoms with Crippen LogP contribution in [0.3, 0.4) is 0 Å². The SMILES string of the molecule is C(CCN1CCN(C2CCCOC2)CC1)CC1CCOCC1. The van der Waals surface area contributed by atoms with Crippen LogP contribution in [0, 0.1) is 5.92 Å². The molecule has 3 aliphatic rings. The molecule has 3 aliphatic heterocycles. The van der Waals surface area contributed by atoms with E-state index in [1.54, 1.807) is 0 Å². The van der Waals surface area contributed by atoms with Gasteiger partial charge in [-0.25, -0.2) is 0 Å². The van der Waals surface area contributed by atoms with E-state index in [0.717, 1.165) is 32.3 Å². The van der Waals surface area contributed by atoms with Gasteiger partial charge in [-0.1, -0.05) is 12.8 Å². The van der Waals surface area contributed by atoms with Gasteiger partial charge in [0.1, 0.15) is 0 Å². The number of rotatable bonds is 6. The smallest absolute Gasteiger partial charge is 0.0621 e. The lowest BCUT2D eigenvalue weighted by atomic mass is 9.94. The number of hydrogen-bond acceptors (Lipinski definition) is 4. The highest BCUT2D eigenvalue weighted by Crippen LogP contribution is 2.21. The molecular formula is C18H34N2O2. The summed E-state index contributed by atoms with van der Waals surface area (Å²) in [6.07, 6.45) is 9.38. The summed E-state index contributed by atoms with van der Waals surface area (Å²) in [7, 11) is 0. The zero-order chi connectivity index (χ0) is 15.0. The minimum Gasteiger partial charge on any atom is -0.381 e. The lowest BCUT2D eigenvalue weighted by Gasteiger charge is -2.40. The van der Waals surface area contributed by atoms with E-state index in [4.69, 9.17) is 9.47 Å². The van der Waals surface area contributed by atoms with Crippen molar-refractivity contribution in [3.63, 3.8) is 0 Å². The third-order valence-corrected chi connectivity index (χ3v) is 5.74. The van der Waals surface area contributed by atoms with Crippen LogP contribution in [-0.2, 0) is 9.47 Å². The molecule has 3 fully saturated rings. The van der Waals surface area contributed by atoms with Crippen molar-refractivity contribution in [3.05, 3.63) is 0 Å². The number of unbranched alkanes of at least 4 members (excludes halogenated alkanes) is 1. The second-order valence-corrected chi connectivity index (χ2v) is 7.30. The molecule has 4 heteroatoms. The normalized spacial score (nSPS) is 29.7. The number of ether oxygens (including phenoxy) is 2. The molecular weight excluding hydrogens is 276 g/mol. The second-order valence-electron chi connectivity index (χ2n) is 7.30. The van der Waals surface area contributed by atoms with Gasteiger partial charge in [-0.3, -0.25) is 4.90 Å². The Bertz CT molecular complexity index is 293. The fraction of sp³-hybridized carbons (Fsp3) is 1.00. The standard InChI is InChI=1S/C18H34N2O2/c1(4-17-6-14-21-15-7-17)2-8-19-9-11-20(12-10-19)18-5-3-13-22-16-18/h17-18H,1-16H2. The monoisotopic (exact) mass is 310 g/mol. The molecule has 0 N–H and O–H groups in total. The third kappa shape index (κ3) is 5.19. The molecule has 3 rings (SSSR count). The van der Waals surface area contributed by atoms with Crippen LogP contribution in [-0.4, -0.2) is 75.0 Å². The second kappa shape index (κ2) is 9.21. The largest absolute Gasteiger partial charge is 0.381 e. The van der Waals surface area contributed by atoms with E-state index < -0.39 is 0 Å². The van der Waals surface area contributed by atoms with Crippen LogP contribution in [0.1, 0.15) is 44.9 Å². The number of piperazine rings is 1. The molecule has 0 aromatic heterocycles. The first-order valence-corrected chi connectivity index (χ1v) is 9.54. The van der Waals surface area contributed by atoms with Crippen molar-refractivity contribution in [2.45, 2.75) is 51.0 Å². The van der Waals surface area contributed by atoms with Gasteiger partial charge < -0.3 is 14.4 Å². The first-order valence-electron chi connectivity index (χ1n) is 9.54. The maximum atomic E-state index is 5.64. The fourth-order valence-corrected chi connectivity index (χ4v) is 4.17. The van der Waals surface area contributed by atoms with Crippen molar-refractivity contribution in [1.29, 1.82) is 0 Å². The molecule has 0 aliphatic carbocycles. The topological polar surface area (TPSA) is 24.9 Å². The maximum Gasteiger partial charge on any atom is 0.0621 e. The maximum absolute atomic E-state index is 5.64. The Morgan fingerprint density at radius 2 is 1.64 bits per heavy atom. The summed E-state index contributed by atoms with van der Waals surface area (Å²) < 4.78 is 11.1. The van der Waals surface area contributed by atoms with Gasteiger partial charge >= 0.3 is 0 Å². The Labute approximate surface area is 136 Å². The van der Waals surface area contributed by atoms with Gasteiger partial charge in [0.05, 0.1) is 6.61 Å². The summed E-state index contributed by atoms with van der Waals surface area (Å²) in [5, 5.41) is 0. The van der Waals surface area contributed by atoms with Crippen molar-refractivity contribution in [1.82, 2.24) is 9.80 Å². The Morgan fingerprint density at radius 3 is 2.36 bits per heavy atom. The molecule has 0 saturated carbocycles. The predicted octanol–water partition coefficient (Wildman–Crippen LogP) is 2.38. The molecule has 0 bridgehead atoms. The molecule has 22 heavy (non-hydrogen) atoms. The van der Waals surface area contributed by atoms with Crippen molar-refractivity contribution in [2.24, 2.45) is 5.92 Å². The van der Waals surface area contributed by atoms with Gasteiger partial charge in [0.15, 0.2) is 0 Å². The van der Waals surface area contributed by atoms with Crippen LogP contribution >= 0.6 is 0 Å². The van der Waals surface area contributed by atoms with Crippen LogP contribution in [0.25, 0.3) is 0 Å². The molecule has 128 valence electrons. The summed E-state index contributed by atoms with van der Waals surface area (Å²) in [6.45, 7) is 10.2. The van der Waals surface area contributed by atoms with Crippen molar-refractivity contribution >= 4 is 0 Å². The quantitative estimate of drug-likeness (QED) is 0.703. The molecule has 0 aromatic carbocycles. The van der Waals surface area contributed by atoms with Gasteiger partial charge in [-0.05, 0) is 44.6 Å². The van der Waals surface area contributed by atoms with Crippen LogP contribution in [0.5, 0.6) is 0 Å². The number of nitrogens with zero attached hydrogens (tertiary/aromatic N) is 2. The molecule has 0 radical (unpaired) electrons. The van der Waals surface area contributed by atoms with Crippen LogP contribution < -0.4 is 0 Å². The highest BCUT2D eigenvalue weighted by molar-refractivity contribution is 4.80. The minimum atomic E-state index is 0.699. The highest BCUT2D eigenvalue weighted by atomic mass is 16.5. The Morgan fingerprint density at radius 1 is 0.818 bits per heavy atom. The van der Waals surface area contributed by atoms with Crippen LogP contribution in [0.4, 0.5) is 0 Å². The molecule has 3 heterocycles. The molecule has 4 nitrogen and oxygen atoms in total. The lowest BCUT2D eigenvalue weighted by molar-refractivity contribution is -0.00183. The van der Waals surface area contributed by atoms with E-state index in [9.17, 15) is 0 Å². The van der Waals surface area contributed by atoms with E-state index in [2.05, 4.69) is 9.80 Å². The van der Waals surface area contributed by atoms with Crippen molar-refractivity contribution in [3.8, 4) is 0 Å². The zero-order valence-electron chi connectivity index (χ0n) is 14.2. The van der Waals surface area contributed by atoms with E-state index in [0.29, 0.717) is 6.04 Å². The Kier molecular flexibility index (Phi) is 6.99. The molecule has 0 aromatic rings. The number of hydrogen-bond donors (Lipinski definition) is 0. The van der Waals surface area contributed by atoms with Gasteiger partial charge in [-0.15, -0.1) is 0 Å². The Hall–Kier alpha value is -0.160. The van der Waals surface area contributed by atoms with E-state index in [-0.39, 0.29) is 0 Å². The molecule has 1 atom stereocenters. The van der Waals surface area contributed by atoms with Gasteiger partial charge in [0.25, 0.3) is 0 Å². The molecule has 1 unspecified atom stereocenters. The van der Waals surface area contributed by atoms with Gasteiger partial charge in [-0.2, -0.15) is 0 Å². The minimum absolute atomic E-state index is 0.699. The first kappa shape index (κ1) is 16.7. The average molecular weight is 310 g/mol. The fourth-order valence-electron chi connectivity index (χ4n) is 4.17. The van der Waals surface area contributed by atoms with Crippen molar-refractivity contribution in [2.75, 3.05) is 59.2 Å².